The first-order valence-corrected chi connectivity index (χ1v) is 12.5. The summed E-state index contributed by atoms with van der Waals surface area (Å²) in [5.41, 5.74) is 2.87. The molecule has 0 spiro atoms. The summed E-state index contributed by atoms with van der Waals surface area (Å²) in [4.78, 5) is 36.5. The van der Waals surface area contributed by atoms with Crippen molar-refractivity contribution in [1.82, 2.24) is 24.4 Å². The standard InChI is InChI=1S/C27H31N7O3/c1-32-24(35)22-23(30-25(32)28-15-14-19-9-4-2-5-10-19)31-26(34(22)17-20-11-6-3-7-12-20)33-16-8-13-21(18-33)29-27(36)37/h2-7,9-12,21,29H,8,13-18H2,1H3,(H,28,30)(H,36,37). The summed E-state index contributed by atoms with van der Waals surface area (Å²) in [6.45, 7) is 2.28. The molecule has 0 bridgehead atoms. The van der Waals surface area contributed by atoms with Crippen molar-refractivity contribution in [2.24, 2.45) is 7.05 Å². The number of nitrogens with zero attached hydrogens (tertiary/aromatic N) is 5. The van der Waals surface area contributed by atoms with Crippen molar-refractivity contribution < 1.29 is 9.90 Å². The zero-order valence-electron chi connectivity index (χ0n) is 20.8. The van der Waals surface area contributed by atoms with E-state index in [1.54, 1.807) is 7.05 Å². The molecule has 192 valence electrons. The number of aromatic nitrogens is 4. The number of hydrogen-bond acceptors (Lipinski definition) is 6. The lowest BCUT2D eigenvalue weighted by atomic mass is 10.1. The molecule has 1 aliphatic rings. The fraction of sp³-hybridized carbons (Fsp3) is 0.333. The summed E-state index contributed by atoms with van der Waals surface area (Å²) in [6, 6.07) is 19.8. The normalized spacial score (nSPS) is 15.6. The van der Waals surface area contributed by atoms with Crippen molar-refractivity contribution >= 4 is 29.2 Å². The summed E-state index contributed by atoms with van der Waals surface area (Å²) in [7, 11) is 1.72. The van der Waals surface area contributed by atoms with Crippen molar-refractivity contribution in [3.63, 3.8) is 0 Å². The van der Waals surface area contributed by atoms with Crippen LogP contribution in [0.3, 0.4) is 0 Å². The van der Waals surface area contributed by atoms with Gasteiger partial charge in [-0.1, -0.05) is 60.7 Å². The van der Waals surface area contributed by atoms with Gasteiger partial charge in [-0.3, -0.25) is 13.9 Å². The second kappa shape index (κ2) is 10.7. The summed E-state index contributed by atoms with van der Waals surface area (Å²) >= 11 is 0. The molecule has 0 aliphatic carbocycles. The first-order valence-electron chi connectivity index (χ1n) is 12.5. The minimum absolute atomic E-state index is 0.181. The van der Waals surface area contributed by atoms with E-state index < -0.39 is 6.09 Å². The Morgan fingerprint density at radius 3 is 2.46 bits per heavy atom. The Balaban J connectivity index is 1.50. The molecule has 37 heavy (non-hydrogen) atoms. The van der Waals surface area contributed by atoms with Crippen LogP contribution in [0.25, 0.3) is 11.2 Å². The van der Waals surface area contributed by atoms with Gasteiger partial charge in [0.2, 0.25) is 11.9 Å². The molecule has 0 saturated carbocycles. The Kier molecular flexibility index (Phi) is 7.07. The number of piperidine rings is 1. The van der Waals surface area contributed by atoms with Crippen LogP contribution in [-0.4, -0.2) is 56.0 Å². The highest BCUT2D eigenvalue weighted by atomic mass is 16.4. The van der Waals surface area contributed by atoms with Crippen LogP contribution < -0.4 is 21.1 Å². The Labute approximate surface area is 214 Å². The third-order valence-electron chi connectivity index (χ3n) is 6.72. The van der Waals surface area contributed by atoms with Gasteiger partial charge in [0.05, 0.1) is 6.54 Å². The maximum atomic E-state index is 13.6. The molecule has 10 nitrogen and oxygen atoms in total. The van der Waals surface area contributed by atoms with Crippen molar-refractivity contribution in [1.29, 1.82) is 0 Å². The van der Waals surface area contributed by atoms with Crippen molar-refractivity contribution in [3.8, 4) is 0 Å². The minimum Gasteiger partial charge on any atom is -0.465 e. The quantitative estimate of drug-likeness (QED) is 0.340. The van der Waals surface area contributed by atoms with E-state index in [0.717, 1.165) is 31.4 Å². The van der Waals surface area contributed by atoms with Gasteiger partial charge < -0.3 is 20.6 Å². The van der Waals surface area contributed by atoms with Gasteiger partial charge in [-0.05, 0) is 30.4 Å². The zero-order chi connectivity index (χ0) is 25.8. The number of amides is 1. The number of rotatable bonds is 8. The highest BCUT2D eigenvalue weighted by Crippen LogP contribution is 2.25. The highest BCUT2D eigenvalue weighted by molar-refractivity contribution is 5.76. The average molecular weight is 502 g/mol. The molecule has 1 amide bonds. The molecule has 3 N–H and O–H groups in total. The number of hydrogen-bond donors (Lipinski definition) is 3. The molecule has 1 fully saturated rings. The fourth-order valence-electron chi connectivity index (χ4n) is 4.88. The summed E-state index contributed by atoms with van der Waals surface area (Å²) in [6.07, 6.45) is 1.34. The lowest BCUT2D eigenvalue weighted by Gasteiger charge is -2.33. The van der Waals surface area contributed by atoms with E-state index in [9.17, 15) is 14.7 Å². The molecule has 10 heteroatoms. The Morgan fingerprint density at radius 1 is 1.05 bits per heavy atom. The first kappa shape index (κ1) is 24.4. The molecule has 0 radical (unpaired) electrons. The van der Waals surface area contributed by atoms with Crippen LogP contribution in [0, 0.1) is 0 Å². The van der Waals surface area contributed by atoms with E-state index in [4.69, 9.17) is 9.97 Å². The molecule has 5 rings (SSSR count). The van der Waals surface area contributed by atoms with Gasteiger partial charge in [0.1, 0.15) is 0 Å². The summed E-state index contributed by atoms with van der Waals surface area (Å²) in [5.74, 6) is 1.09. The van der Waals surface area contributed by atoms with Gasteiger partial charge in [0.25, 0.3) is 5.56 Å². The lowest BCUT2D eigenvalue weighted by Crippen LogP contribution is -2.48. The first-order chi connectivity index (χ1) is 18.0. The lowest BCUT2D eigenvalue weighted by molar-refractivity contribution is 0.188. The number of fused-ring (bicyclic) bond motifs is 1. The summed E-state index contributed by atoms with van der Waals surface area (Å²) < 4.78 is 3.45. The number of carboxylic acid groups (broad SMARTS) is 1. The van der Waals surface area contributed by atoms with E-state index in [1.807, 2.05) is 53.1 Å². The van der Waals surface area contributed by atoms with Gasteiger partial charge in [0.15, 0.2) is 11.2 Å². The third-order valence-corrected chi connectivity index (χ3v) is 6.72. The Bertz CT molecular complexity index is 1430. The maximum absolute atomic E-state index is 13.6. The van der Waals surface area contributed by atoms with Crippen LogP contribution in [0.1, 0.15) is 24.0 Å². The highest BCUT2D eigenvalue weighted by Gasteiger charge is 2.27. The van der Waals surface area contributed by atoms with E-state index >= 15 is 0 Å². The van der Waals surface area contributed by atoms with Crippen LogP contribution in [0.2, 0.25) is 0 Å². The van der Waals surface area contributed by atoms with Crippen molar-refractivity contribution in [2.75, 3.05) is 29.9 Å². The smallest absolute Gasteiger partial charge is 0.404 e. The van der Waals surface area contributed by atoms with Crippen LogP contribution in [0.4, 0.5) is 16.7 Å². The molecule has 1 saturated heterocycles. The minimum atomic E-state index is -1.04. The second-order valence-electron chi connectivity index (χ2n) is 9.35. The van der Waals surface area contributed by atoms with E-state index in [1.165, 1.54) is 10.1 Å². The van der Waals surface area contributed by atoms with E-state index in [2.05, 4.69) is 27.7 Å². The SMILES string of the molecule is Cn1c(NCCc2ccccc2)nc2nc(N3CCCC(NC(=O)O)C3)n(Cc3ccccc3)c2c1=O. The third kappa shape index (κ3) is 5.42. The van der Waals surface area contributed by atoms with E-state index in [-0.39, 0.29) is 11.6 Å². The van der Waals surface area contributed by atoms with Gasteiger partial charge >= 0.3 is 6.09 Å². The number of nitrogens with one attached hydrogen (secondary N) is 2. The second-order valence-corrected chi connectivity index (χ2v) is 9.35. The van der Waals surface area contributed by atoms with Crippen LogP contribution in [0.5, 0.6) is 0 Å². The largest absolute Gasteiger partial charge is 0.465 e. The number of carbonyl (C=O) groups is 1. The topological polar surface area (TPSA) is 117 Å². The predicted octanol–water partition coefficient (Wildman–Crippen LogP) is 3.07. The maximum Gasteiger partial charge on any atom is 0.404 e. The molecular weight excluding hydrogens is 470 g/mol. The molecule has 4 aromatic rings. The fourth-order valence-corrected chi connectivity index (χ4v) is 4.88. The zero-order valence-corrected chi connectivity index (χ0v) is 20.8. The van der Waals surface area contributed by atoms with Gasteiger partial charge in [-0.2, -0.15) is 9.97 Å². The Morgan fingerprint density at radius 2 is 1.76 bits per heavy atom. The average Bonchev–Trinajstić information content (AvgIpc) is 3.26. The Hall–Kier alpha value is -4.34. The predicted molar refractivity (Wildman–Crippen MR) is 143 cm³/mol. The van der Waals surface area contributed by atoms with E-state index in [0.29, 0.717) is 42.7 Å². The molecular formula is C27H31N7O3. The van der Waals surface area contributed by atoms with Crippen LogP contribution in [0.15, 0.2) is 65.5 Å². The molecule has 3 heterocycles. The van der Waals surface area contributed by atoms with Crippen molar-refractivity contribution in [3.05, 3.63) is 82.1 Å². The van der Waals surface area contributed by atoms with Gasteiger partial charge in [0, 0.05) is 32.7 Å². The van der Waals surface area contributed by atoms with Crippen LogP contribution in [-0.2, 0) is 20.0 Å². The summed E-state index contributed by atoms with van der Waals surface area (Å²) in [5, 5.41) is 15.1. The molecule has 2 aromatic heterocycles. The van der Waals surface area contributed by atoms with Gasteiger partial charge in [-0.15, -0.1) is 0 Å². The van der Waals surface area contributed by atoms with Crippen molar-refractivity contribution in [2.45, 2.75) is 31.8 Å². The number of imidazole rings is 1. The molecule has 1 unspecified atom stereocenters. The molecule has 1 atom stereocenters. The molecule has 1 aliphatic heterocycles. The number of benzene rings is 2. The van der Waals surface area contributed by atoms with Crippen LogP contribution >= 0.6 is 0 Å². The van der Waals surface area contributed by atoms with Gasteiger partial charge in [-0.25, -0.2) is 4.79 Å². The molecule has 2 aromatic carbocycles. The monoisotopic (exact) mass is 501 g/mol. The number of anilines is 2.